The maximum Gasteiger partial charge on any atom is 0.230 e. The van der Waals surface area contributed by atoms with E-state index in [4.69, 9.17) is 11.6 Å². The summed E-state index contributed by atoms with van der Waals surface area (Å²) in [6.07, 6.45) is 1.61. The van der Waals surface area contributed by atoms with Crippen LogP contribution in [0.25, 0.3) is 0 Å². The molecule has 0 saturated carbocycles. The third kappa shape index (κ3) is 5.61. The number of thioether (sulfide) groups is 2. The predicted octanol–water partition coefficient (Wildman–Crippen LogP) is 2.47. The molecule has 0 unspecified atom stereocenters. The molecule has 2 aromatic rings. The van der Waals surface area contributed by atoms with Gasteiger partial charge >= 0.3 is 0 Å². The summed E-state index contributed by atoms with van der Waals surface area (Å²) in [6, 6.07) is 7.66. The maximum absolute atomic E-state index is 11.7. The molecule has 5 nitrogen and oxygen atoms in total. The first-order valence-corrected chi connectivity index (χ1v) is 8.62. The fraction of sp³-hybridized carbons (Fsp3) is 0.308. The number of hydrogen-bond acceptors (Lipinski definition) is 5. The molecular formula is C13H15ClN4OS2. The molecule has 8 heteroatoms. The SMILES string of the molecule is Cn1cnnc1SCC(=O)NCCSc1ccc(Cl)cc1. The Labute approximate surface area is 136 Å². The molecule has 1 amide bonds. The van der Waals surface area contributed by atoms with E-state index in [0.29, 0.717) is 12.3 Å². The second-order valence-corrected chi connectivity index (χ2v) is 6.71. The highest BCUT2D eigenvalue weighted by molar-refractivity contribution is 7.99. The number of carbonyl (C=O) groups is 1. The molecule has 0 bridgehead atoms. The highest BCUT2D eigenvalue weighted by atomic mass is 35.5. The van der Waals surface area contributed by atoms with Gasteiger partial charge in [-0.15, -0.1) is 22.0 Å². The first-order chi connectivity index (χ1) is 10.1. The predicted molar refractivity (Wildman–Crippen MR) is 86.9 cm³/mol. The summed E-state index contributed by atoms with van der Waals surface area (Å²) >= 11 is 8.88. The van der Waals surface area contributed by atoms with Crippen LogP contribution in [0.4, 0.5) is 0 Å². The van der Waals surface area contributed by atoms with E-state index in [-0.39, 0.29) is 5.91 Å². The van der Waals surface area contributed by atoms with E-state index < -0.39 is 0 Å². The van der Waals surface area contributed by atoms with Gasteiger partial charge in [-0.1, -0.05) is 23.4 Å². The normalized spacial score (nSPS) is 10.6. The lowest BCUT2D eigenvalue weighted by atomic mass is 10.4. The van der Waals surface area contributed by atoms with Gasteiger partial charge < -0.3 is 9.88 Å². The molecule has 0 aliphatic rings. The van der Waals surface area contributed by atoms with Crippen molar-refractivity contribution in [2.24, 2.45) is 7.05 Å². The molecule has 1 aromatic carbocycles. The summed E-state index contributed by atoms with van der Waals surface area (Å²) in [5.41, 5.74) is 0. The van der Waals surface area contributed by atoms with Crippen LogP contribution in [0.5, 0.6) is 0 Å². The lowest BCUT2D eigenvalue weighted by Gasteiger charge is -2.05. The number of hydrogen-bond donors (Lipinski definition) is 1. The molecule has 1 N–H and O–H groups in total. The van der Waals surface area contributed by atoms with Gasteiger partial charge in [-0.05, 0) is 24.3 Å². The minimum absolute atomic E-state index is 0.000272. The van der Waals surface area contributed by atoms with E-state index in [1.54, 1.807) is 22.7 Å². The fourth-order valence-corrected chi connectivity index (χ4v) is 3.09. The van der Waals surface area contributed by atoms with Gasteiger partial charge in [0, 0.05) is 29.3 Å². The number of nitrogens with zero attached hydrogens (tertiary/aromatic N) is 3. The van der Waals surface area contributed by atoms with Crippen molar-refractivity contribution < 1.29 is 4.79 Å². The summed E-state index contributed by atoms with van der Waals surface area (Å²) in [4.78, 5) is 12.8. The van der Waals surface area contributed by atoms with Crippen LogP contribution < -0.4 is 5.32 Å². The summed E-state index contributed by atoms with van der Waals surface area (Å²) in [5.74, 6) is 1.17. The molecule has 2 rings (SSSR count). The molecule has 0 atom stereocenters. The van der Waals surface area contributed by atoms with Crippen LogP contribution in [0, 0.1) is 0 Å². The average Bonchev–Trinajstić information content (AvgIpc) is 2.89. The Morgan fingerprint density at radius 1 is 1.33 bits per heavy atom. The molecule has 0 fully saturated rings. The number of halogens is 1. The number of aryl methyl sites for hydroxylation is 1. The van der Waals surface area contributed by atoms with Crippen molar-refractivity contribution >= 4 is 41.0 Å². The molecule has 1 heterocycles. The van der Waals surface area contributed by atoms with Crippen molar-refractivity contribution in [3.05, 3.63) is 35.6 Å². The first kappa shape index (κ1) is 16.2. The van der Waals surface area contributed by atoms with Crippen molar-refractivity contribution in [2.45, 2.75) is 10.1 Å². The van der Waals surface area contributed by atoms with E-state index in [1.807, 2.05) is 31.3 Å². The van der Waals surface area contributed by atoms with Gasteiger partial charge in [0.25, 0.3) is 0 Å². The van der Waals surface area contributed by atoms with E-state index >= 15 is 0 Å². The Morgan fingerprint density at radius 3 is 2.76 bits per heavy atom. The van der Waals surface area contributed by atoms with Crippen molar-refractivity contribution in [3.63, 3.8) is 0 Å². The third-order valence-corrected chi connectivity index (χ3v) is 4.81. The topological polar surface area (TPSA) is 59.8 Å². The highest BCUT2D eigenvalue weighted by Crippen LogP contribution is 2.19. The second kappa shape index (κ2) is 8.31. The Balaban J connectivity index is 1.61. The molecule has 0 aliphatic heterocycles. The van der Waals surface area contributed by atoms with Crippen LogP contribution in [0.1, 0.15) is 0 Å². The second-order valence-electron chi connectivity index (χ2n) is 4.17. The summed E-state index contributed by atoms with van der Waals surface area (Å²) in [6.45, 7) is 0.630. The molecule has 0 radical (unpaired) electrons. The number of carbonyl (C=O) groups excluding carboxylic acids is 1. The van der Waals surface area contributed by atoms with Crippen molar-refractivity contribution in [1.29, 1.82) is 0 Å². The number of rotatable bonds is 7. The van der Waals surface area contributed by atoms with Crippen molar-refractivity contribution in [3.8, 4) is 0 Å². The lowest BCUT2D eigenvalue weighted by Crippen LogP contribution is -2.27. The van der Waals surface area contributed by atoms with Gasteiger partial charge in [0.2, 0.25) is 5.91 Å². The van der Waals surface area contributed by atoms with Gasteiger partial charge in [-0.3, -0.25) is 4.79 Å². The van der Waals surface area contributed by atoms with Crippen LogP contribution in [0.2, 0.25) is 5.02 Å². The number of amides is 1. The fourth-order valence-electron chi connectivity index (χ4n) is 1.47. The van der Waals surface area contributed by atoms with E-state index in [9.17, 15) is 4.79 Å². The smallest absolute Gasteiger partial charge is 0.230 e. The minimum Gasteiger partial charge on any atom is -0.355 e. The van der Waals surface area contributed by atoms with Crippen LogP contribution in [0.15, 0.2) is 40.6 Å². The van der Waals surface area contributed by atoms with Crippen molar-refractivity contribution in [2.75, 3.05) is 18.1 Å². The Hall–Kier alpha value is -1.18. The van der Waals surface area contributed by atoms with Gasteiger partial charge in [0.15, 0.2) is 5.16 Å². The molecule has 0 spiro atoms. The number of aromatic nitrogens is 3. The van der Waals surface area contributed by atoms with Crippen LogP contribution >= 0.6 is 35.1 Å². The zero-order chi connectivity index (χ0) is 15.1. The zero-order valence-corrected chi connectivity index (χ0v) is 13.8. The highest BCUT2D eigenvalue weighted by Gasteiger charge is 2.06. The average molecular weight is 343 g/mol. The molecule has 1 aromatic heterocycles. The molecule has 21 heavy (non-hydrogen) atoms. The summed E-state index contributed by atoms with van der Waals surface area (Å²) in [7, 11) is 1.85. The van der Waals surface area contributed by atoms with E-state index in [2.05, 4.69) is 15.5 Å². The molecular weight excluding hydrogens is 328 g/mol. The molecule has 0 aliphatic carbocycles. The minimum atomic E-state index is -0.000272. The zero-order valence-electron chi connectivity index (χ0n) is 11.5. The molecule has 112 valence electrons. The lowest BCUT2D eigenvalue weighted by molar-refractivity contribution is -0.118. The Bertz CT molecular complexity index is 588. The third-order valence-electron chi connectivity index (χ3n) is 2.51. The first-order valence-electron chi connectivity index (χ1n) is 6.27. The van der Waals surface area contributed by atoms with Crippen LogP contribution in [0.3, 0.4) is 0 Å². The number of benzene rings is 1. The summed E-state index contributed by atoms with van der Waals surface area (Å²) < 4.78 is 1.79. The van der Waals surface area contributed by atoms with E-state index in [1.165, 1.54) is 11.8 Å². The largest absolute Gasteiger partial charge is 0.355 e. The molecule has 0 saturated heterocycles. The summed E-state index contributed by atoms with van der Waals surface area (Å²) in [5, 5.41) is 12.0. The van der Waals surface area contributed by atoms with Gasteiger partial charge in [-0.2, -0.15) is 0 Å². The van der Waals surface area contributed by atoms with E-state index in [0.717, 1.165) is 20.8 Å². The quantitative estimate of drug-likeness (QED) is 0.618. The number of nitrogens with one attached hydrogen (secondary N) is 1. The Morgan fingerprint density at radius 2 is 2.10 bits per heavy atom. The van der Waals surface area contributed by atoms with Crippen LogP contribution in [-0.2, 0) is 11.8 Å². The maximum atomic E-state index is 11.7. The van der Waals surface area contributed by atoms with Gasteiger partial charge in [0.1, 0.15) is 6.33 Å². The van der Waals surface area contributed by atoms with Gasteiger partial charge in [-0.25, -0.2) is 0 Å². The van der Waals surface area contributed by atoms with Crippen molar-refractivity contribution in [1.82, 2.24) is 20.1 Å². The monoisotopic (exact) mass is 342 g/mol. The standard InChI is InChI=1S/C13H15ClN4OS2/c1-18-9-16-17-13(18)21-8-12(19)15-6-7-20-11-4-2-10(14)3-5-11/h2-5,9H,6-8H2,1H3,(H,15,19). The van der Waals surface area contributed by atoms with Gasteiger partial charge in [0.05, 0.1) is 5.75 Å². The van der Waals surface area contributed by atoms with Crippen LogP contribution in [-0.4, -0.2) is 38.7 Å². The Kier molecular flexibility index (Phi) is 6.41.